The van der Waals surface area contributed by atoms with Crippen LogP contribution in [0.2, 0.25) is 0 Å². The fourth-order valence-electron chi connectivity index (χ4n) is 2.45. The molecule has 0 aliphatic carbocycles. The van der Waals surface area contributed by atoms with E-state index in [-0.39, 0.29) is 11.6 Å². The van der Waals surface area contributed by atoms with Crippen molar-refractivity contribution < 1.29 is 18.1 Å². The van der Waals surface area contributed by atoms with Crippen molar-refractivity contribution in [2.24, 2.45) is 7.05 Å². The Bertz CT molecular complexity index is 935. The van der Waals surface area contributed by atoms with E-state index in [1.165, 1.54) is 7.05 Å². The fraction of sp³-hybridized carbons (Fsp3) is 0.294. The van der Waals surface area contributed by atoms with Crippen LogP contribution in [-0.4, -0.2) is 25.8 Å². The maximum atomic E-state index is 12.7. The number of nitrogens with zero attached hydrogens (tertiary/aromatic N) is 4. The predicted molar refractivity (Wildman–Crippen MR) is 88.5 cm³/mol. The summed E-state index contributed by atoms with van der Waals surface area (Å²) in [5.74, 6) is 0.0612. The van der Waals surface area contributed by atoms with Gasteiger partial charge in [0.2, 0.25) is 11.7 Å². The van der Waals surface area contributed by atoms with E-state index in [4.69, 9.17) is 4.52 Å². The molecule has 2 aromatic heterocycles. The van der Waals surface area contributed by atoms with Gasteiger partial charge in [0.15, 0.2) is 0 Å². The Morgan fingerprint density at radius 3 is 2.73 bits per heavy atom. The number of rotatable bonds is 5. The molecule has 0 unspecified atom stereocenters. The van der Waals surface area contributed by atoms with Gasteiger partial charge in [-0.25, -0.2) is 8.78 Å². The maximum absolute atomic E-state index is 12.7. The van der Waals surface area contributed by atoms with Crippen molar-refractivity contribution in [3.63, 3.8) is 0 Å². The first-order chi connectivity index (χ1) is 12.3. The summed E-state index contributed by atoms with van der Waals surface area (Å²) in [6.07, 6.45) is -2.74. The molecule has 0 spiro atoms. The minimum Gasteiger partial charge on any atom is -0.339 e. The van der Waals surface area contributed by atoms with E-state index in [2.05, 4.69) is 20.6 Å². The second kappa shape index (κ2) is 7.03. The van der Waals surface area contributed by atoms with Gasteiger partial charge in [-0.05, 0) is 26.0 Å². The summed E-state index contributed by atoms with van der Waals surface area (Å²) in [5.41, 5.74) is 1.42. The predicted octanol–water partition coefficient (Wildman–Crippen LogP) is 3.21. The van der Waals surface area contributed by atoms with E-state index in [1.54, 1.807) is 6.92 Å². The third-order valence-electron chi connectivity index (χ3n) is 3.79. The molecule has 1 N–H and O–H groups in total. The number of nitrogens with one attached hydrogen (secondary N) is 1. The number of benzene rings is 1. The summed E-state index contributed by atoms with van der Waals surface area (Å²) in [6, 6.07) is 8.06. The average molecular weight is 361 g/mol. The van der Waals surface area contributed by atoms with Crippen LogP contribution < -0.4 is 5.32 Å². The second-order valence-electron chi connectivity index (χ2n) is 5.90. The van der Waals surface area contributed by atoms with Crippen LogP contribution in [0.25, 0.3) is 11.4 Å². The molecule has 0 saturated heterocycles. The summed E-state index contributed by atoms with van der Waals surface area (Å²) in [7, 11) is 1.42. The van der Waals surface area contributed by atoms with Crippen molar-refractivity contribution in [3.8, 4) is 11.4 Å². The van der Waals surface area contributed by atoms with Crippen molar-refractivity contribution in [2.45, 2.75) is 26.3 Å². The Kier molecular flexibility index (Phi) is 4.79. The van der Waals surface area contributed by atoms with Crippen molar-refractivity contribution in [1.82, 2.24) is 25.2 Å². The lowest BCUT2D eigenvalue weighted by molar-refractivity contribution is 0.0923. The van der Waals surface area contributed by atoms with Gasteiger partial charge in [-0.1, -0.05) is 28.9 Å². The van der Waals surface area contributed by atoms with Gasteiger partial charge in [0.1, 0.15) is 17.4 Å². The smallest absolute Gasteiger partial charge is 0.282 e. The molecule has 0 aliphatic heterocycles. The van der Waals surface area contributed by atoms with Crippen LogP contribution in [0.1, 0.15) is 47.0 Å². The van der Waals surface area contributed by atoms with Gasteiger partial charge in [-0.15, -0.1) is 0 Å². The minimum atomic E-state index is -2.74. The van der Waals surface area contributed by atoms with Crippen LogP contribution in [0, 0.1) is 6.92 Å². The first-order valence-corrected chi connectivity index (χ1v) is 7.88. The van der Waals surface area contributed by atoms with Crippen LogP contribution in [0.4, 0.5) is 8.78 Å². The molecular weight excluding hydrogens is 344 g/mol. The molecule has 3 aromatic rings. The summed E-state index contributed by atoms with van der Waals surface area (Å²) in [4.78, 5) is 16.6. The molecule has 9 heteroatoms. The highest BCUT2D eigenvalue weighted by molar-refractivity contribution is 5.92. The molecule has 26 heavy (non-hydrogen) atoms. The van der Waals surface area contributed by atoms with E-state index >= 15 is 0 Å². The molecule has 0 aliphatic rings. The lowest BCUT2D eigenvalue weighted by Gasteiger charge is -2.09. The van der Waals surface area contributed by atoms with Crippen LogP contribution in [0.3, 0.4) is 0 Å². The molecule has 7 nitrogen and oxygen atoms in total. The number of amides is 1. The molecule has 1 aromatic carbocycles. The molecule has 1 atom stereocenters. The largest absolute Gasteiger partial charge is 0.339 e. The van der Waals surface area contributed by atoms with Crippen molar-refractivity contribution in [2.75, 3.05) is 0 Å². The molecule has 0 bridgehead atoms. The number of hydrogen-bond acceptors (Lipinski definition) is 5. The SMILES string of the molecule is Cc1cccc(-c2noc([C@H](C)NC(=O)c3cc(C(F)F)nn3C)n2)c1. The Morgan fingerprint density at radius 1 is 1.31 bits per heavy atom. The van der Waals surface area contributed by atoms with Gasteiger partial charge >= 0.3 is 0 Å². The van der Waals surface area contributed by atoms with Gasteiger partial charge in [-0.2, -0.15) is 10.1 Å². The highest BCUT2D eigenvalue weighted by Crippen LogP contribution is 2.21. The summed E-state index contributed by atoms with van der Waals surface area (Å²) < 4.78 is 31.7. The third kappa shape index (κ3) is 3.61. The molecule has 0 saturated carbocycles. The maximum Gasteiger partial charge on any atom is 0.282 e. The zero-order valence-corrected chi connectivity index (χ0v) is 14.4. The van der Waals surface area contributed by atoms with E-state index in [0.717, 1.165) is 21.9 Å². The van der Waals surface area contributed by atoms with Gasteiger partial charge in [0.25, 0.3) is 12.3 Å². The Labute approximate surface area is 148 Å². The van der Waals surface area contributed by atoms with Crippen molar-refractivity contribution in [3.05, 3.63) is 53.2 Å². The highest BCUT2D eigenvalue weighted by Gasteiger charge is 2.22. The van der Waals surface area contributed by atoms with Gasteiger partial charge < -0.3 is 9.84 Å². The Morgan fingerprint density at radius 2 is 2.08 bits per heavy atom. The number of alkyl halides is 2. The van der Waals surface area contributed by atoms with Crippen molar-refractivity contribution >= 4 is 5.91 Å². The van der Waals surface area contributed by atoms with E-state index in [1.807, 2.05) is 31.2 Å². The van der Waals surface area contributed by atoms with Crippen molar-refractivity contribution in [1.29, 1.82) is 0 Å². The number of aromatic nitrogens is 4. The lowest BCUT2D eigenvalue weighted by atomic mass is 10.1. The monoisotopic (exact) mass is 361 g/mol. The van der Waals surface area contributed by atoms with Crippen LogP contribution >= 0.6 is 0 Å². The van der Waals surface area contributed by atoms with E-state index in [9.17, 15) is 13.6 Å². The number of halogens is 2. The lowest BCUT2D eigenvalue weighted by Crippen LogP contribution is -2.28. The summed E-state index contributed by atoms with van der Waals surface area (Å²) in [5, 5.41) is 10.2. The standard InChI is InChI=1S/C17H17F2N5O2/c1-9-5-4-6-11(7-9)15-21-17(26-23-15)10(2)20-16(25)13-8-12(14(18)19)22-24(13)3/h4-8,10,14H,1-3H3,(H,20,25)/t10-/m0/s1. The third-order valence-corrected chi connectivity index (χ3v) is 3.79. The zero-order chi connectivity index (χ0) is 18.8. The molecule has 2 heterocycles. The van der Waals surface area contributed by atoms with E-state index in [0.29, 0.717) is 5.82 Å². The number of aryl methyl sites for hydroxylation is 2. The first-order valence-electron chi connectivity index (χ1n) is 7.88. The van der Waals surface area contributed by atoms with Crippen LogP contribution in [-0.2, 0) is 7.05 Å². The topological polar surface area (TPSA) is 85.8 Å². The van der Waals surface area contributed by atoms with E-state index < -0.39 is 24.1 Å². The fourth-order valence-corrected chi connectivity index (χ4v) is 2.45. The molecule has 3 rings (SSSR count). The van der Waals surface area contributed by atoms with Crippen LogP contribution in [0.5, 0.6) is 0 Å². The summed E-state index contributed by atoms with van der Waals surface area (Å²) >= 11 is 0. The highest BCUT2D eigenvalue weighted by atomic mass is 19.3. The molecule has 0 fully saturated rings. The number of carbonyl (C=O) groups is 1. The van der Waals surface area contributed by atoms with Gasteiger partial charge in [-0.3, -0.25) is 9.48 Å². The Balaban J connectivity index is 1.74. The molecule has 1 amide bonds. The van der Waals surface area contributed by atoms with Crippen LogP contribution in [0.15, 0.2) is 34.9 Å². The normalized spacial score (nSPS) is 12.4. The molecule has 136 valence electrons. The minimum absolute atomic E-state index is 0.0190. The number of carbonyl (C=O) groups excluding carboxylic acids is 1. The summed E-state index contributed by atoms with van der Waals surface area (Å²) in [6.45, 7) is 3.62. The Hall–Kier alpha value is -3.10. The molecular formula is C17H17F2N5O2. The molecule has 0 radical (unpaired) electrons. The first kappa shape index (κ1) is 17.7. The average Bonchev–Trinajstić information content (AvgIpc) is 3.21. The van der Waals surface area contributed by atoms with Gasteiger partial charge in [0, 0.05) is 12.6 Å². The zero-order valence-electron chi connectivity index (χ0n) is 14.4. The quantitative estimate of drug-likeness (QED) is 0.754. The number of hydrogen-bond donors (Lipinski definition) is 1. The second-order valence-corrected chi connectivity index (χ2v) is 5.90. The van der Waals surface area contributed by atoms with Gasteiger partial charge in [0.05, 0.1) is 0 Å².